The first-order valence-corrected chi connectivity index (χ1v) is 7.23. The van der Waals surface area contributed by atoms with Crippen molar-refractivity contribution in [2.24, 2.45) is 0 Å². The Morgan fingerprint density at radius 2 is 1.82 bits per heavy atom. The van der Waals surface area contributed by atoms with Gasteiger partial charge in [-0.3, -0.25) is 0 Å². The largest absolute Gasteiger partial charge is 0.303 e. The summed E-state index contributed by atoms with van der Waals surface area (Å²) < 4.78 is 25.3. The maximum Gasteiger partial charge on any atom is 0.182 e. The molecule has 0 aliphatic heterocycles. The first-order chi connectivity index (χ1) is 7.99. The number of benzene rings is 1. The van der Waals surface area contributed by atoms with Gasteiger partial charge in [0.05, 0.1) is 9.77 Å². The Balaban J connectivity index is 2.30. The van der Waals surface area contributed by atoms with Crippen molar-refractivity contribution >= 4 is 21.6 Å². The smallest absolute Gasteiger partial charge is 0.182 e. The van der Waals surface area contributed by atoms with E-state index in [1.165, 1.54) is 27.7 Å². The Morgan fingerprint density at radius 1 is 1.18 bits per heavy atom. The number of rotatable bonds is 3. The molecule has 2 aromatic rings. The van der Waals surface area contributed by atoms with Crippen molar-refractivity contribution < 1.29 is 12.5 Å². The molecule has 1 heterocycles. The van der Waals surface area contributed by atoms with Gasteiger partial charge in [-0.2, -0.15) is 4.07 Å². The van der Waals surface area contributed by atoms with Crippen LogP contribution >= 0.6 is 11.5 Å². The molecule has 0 amide bonds. The minimum atomic E-state index is -3.62. The minimum Gasteiger partial charge on any atom is -0.303 e. The molecule has 1 aromatic carbocycles. The molecule has 0 aliphatic carbocycles. The van der Waals surface area contributed by atoms with Gasteiger partial charge in [0.1, 0.15) is 11.5 Å². The third-order valence-electron chi connectivity index (χ3n) is 2.32. The van der Waals surface area contributed by atoms with Crippen LogP contribution in [0.1, 0.15) is 10.4 Å². The Kier molecular flexibility index (Phi) is 3.17. The predicted molar refractivity (Wildman–Crippen MR) is 66.4 cm³/mol. The number of hydrogen-bond donors (Lipinski definition) is 0. The molecular formula is C11H12N2O2S2. The zero-order valence-electron chi connectivity index (χ0n) is 9.49. The Morgan fingerprint density at radius 3 is 2.35 bits per heavy atom. The summed E-state index contributed by atoms with van der Waals surface area (Å²) in [4.78, 5) is 5.01. The topological polar surface area (TPSA) is 52.1 Å². The van der Waals surface area contributed by atoms with E-state index in [1.807, 2.05) is 13.8 Å². The number of hydrogen-bond acceptors (Lipinski definition) is 3. The van der Waals surface area contributed by atoms with E-state index < -0.39 is 10.0 Å². The number of aromatic nitrogens is 1. The van der Waals surface area contributed by atoms with Crippen LogP contribution in [0, 0.1) is 13.8 Å². The molecule has 0 saturated carbocycles. The first kappa shape index (κ1) is 12.1. The average molecular weight is 268 g/mol. The van der Waals surface area contributed by atoms with Gasteiger partial charge in [-0.25, -0.2) is 8.42 Å². The molecule has 0 bridgehead atoms. The fraction of sp³-hybridized carbons (Fsp3) is 0.182. The van der Waals surface area contributed by atoms with E-state index in [0.717, 1.165) is 10.4 Å². The van der Waals surface area contributed by atoms with Gasteiger partial charge < -0.3 is 4.83 Å². The van der Waals surface area contributed by atoms with Crippen molar-refractivity contribution in [2.75, 3.05) is 0 Å². The van der Waals surface area contributed by atoms with Gasteiger partial charge in [-0.05, 0) is 26.0 Å². The van der Waals surface area contributed by atoms with E-state index in [0.29, 0.717) is 0 Å². The van der Waals surface area contributed by atoms with E-state index in [-0.39, 0.29) is 4.90 Å². The van der Waals surface area contributed by atoms with E-state index >= 15 is 0 Å². The molecular weight excluding hydrogens is 256 g/mol. The SMILES string of the molecule is Cc1c[n+]([N-]S(=O)(=O)c2ccccc2)sc1C. The highest BCUT2D eigenvalue weighted by Gasteiger charge is 2.11. The van der Waals surface area contributed by atoms with Gasteiger partial charge in [0.2, 0.25) is 0 Å². The molecule has 0 aliphatic rings. The lowest BCUT2D eigenvalue weighted by molar-refractivity contribution is -0.539. The summed E-state index contributed by atoms with van der Waals surface area (Å²) >= 11 is 1.31. The summed E-state index contributed by atoms with van der Waals surface area (Å²) in [7, 11) is -3.62. The van der Waals surface area contributed by atoms with E-state index in [4.69, 9.17) is 0 Å². The highest BCUT2D eigenvalue weighted by Crippen LogP contribution is 2.16. The van der Waals surface area contributed by atoms with Crippen LogP contribution in [-0.4, -0.2) is 8.42 Å². The molecule has 0 saturated heterocycles. The summed E-state index contributed by atoms with van der Waals surface area (Å²) in [5.41, 5.74) is 1.03. The van der Waals surface area contributed by atoms with Crippen LogP contribution in [0.2, 0.25) is 0 Å². The van der Waals surface area contributed by atoms with Gasteiger partial charge in [-0.15, -0.1) is 0 Å². The lowest BCUT2D eigenvalue weighted by atomic mass is 10.3. The van der Waals surface area contributed by atoms with Crippen molar-refractivity contribution in [1.29, 1.82) is 0 Å². The second-order valence-electron chi connectivity index (χ2n) is 3.63. The molecule has 0 N–H and O–H groups in total. The summed E-state index contributed by atoms with van der Waals surface area (Å²) in [6.45, 7) is 3.86. The minimum absolute atomic E-state index is 0.205. The molecule has 0 radical (unpaired) electrons. The van der Waals surface area contributed by atoms with Gasteiger partial charge >= 0.3 is 0 Å². The lowest BCUT2D eigenvalue weighted by Gasteiger charge is -2.11. The van der Waals surface area contributed by atoms with Crippen LogP contribution in [0.5, 0.6) is 0 Å². The third-order valence-corrected chi connectivity index (χ3v) is 4.65. The molecule has 90 valence electrons. The van der Waals surface area contributed by atoms with Gasteiger partial charge in [0.25, 0.3) is 0 Å². The summed E-state index contributed by atoms with van der Waals surface area (Å²) in [6, 6.07) is 8.20. The number of nitrogens with zero attached hydrogens (tertiary/aromatic N) is 2. The molecule has 1 aromatic heterocycles. The molecule has 0 atom stereocenters. The molecule has 0 fully saturated rings. The molecule has 0 spiro atoms. The standard InChI is InChI=1S/C11H12N2O2S2/c1-9-8-13(16-10(9)2)12-17(14,15)11-6-4-3-5-7-11/h3-8H,1-2H3. The lowest BCUT2D eigenvalue weighted by Crippen LogP contribution is -2.26. The Hall–Kier alpha value is -1.40. The molecule has 4 nitrogen and oxygen atoms in total. The van der Waals surface area contributed by atoms with Crippen LogP contribution in [0.15, 0.2) is 41.4 Å². The van der Waals surface area contributed by atoms with Crippen LogP contribution < -0.4 is 4.07 Å². The predicted octanol–water partition coefficient (Wildman–Crippen LogP) is 2.18. The van der Waals surface area contributed by atoms with Crippen molar-refractivity contribution in [3.8, 4) is 0 Å². The quantitative estimate of drug-likeness (QED) is 0.801. The normalized spacial score (nSPS) is 11.4. The zero-order chi connectivity index (χ0) is 12.5. The maximum atomic E-state index is 11.9. The van der Waals surface area contributed by atoms with E-state index in [2.05, 4.69) is 4.83 Å². The van der Waals surface area contributed by atoms with Gasteiger partial charge in [-0.1, -0.05) is 18.2 Å². The maximum absolute atomic E-state index is 11.9. The Bertz CT molecular complexity index is 599. The summed E-state index contributed by atoms with van der Waals surface area (Å²) in [5, 5.41) is 0. The third kappa shape index (κ3) is 2.65. The fourth-order valence-corrected chi connectivity index (χ4v) is 3.22. The zero-order valence-corrected chi connectivity index (χ0v) is 11.1. The summed E-state index contributed by atoms with van der Waals surface area (Å²) in [5.74, 6) is 0. The molecule has 0 unspecified atom stereocenters. The van der Waals surface area contributed by atoms with Crippen LogP contribution in [0.25, 0.3) is 4.83 Å². The molecule has 2 rings (SSSR count). The number of sulfonamides is 1. The van der Waals surface area contributed by atoms with E-state index in [9.17, 15) is 8.42 Å². The molecule has 17 heavy (non-hydrogen) atoms. The van der Waals surface area contributed by atoms with Crippen LogP contribution in [0.4, 0.5) is 0 Å². The second kappa shape index (κ2) is 4.46. The van der Waals surface area contributed by atoms with Gasteiger partial charge in [0.15, 0.2) is 16.2 Å². The highest BCUT2D eigenvalue weighted by molar-refractivity contribution is 7.93. The Labute approximate surface area is 105 Å². The monoisotopic (exact) mass is 268 g/mol. The second-order valence-corrected chi connectivity index (χ2v) is 6.39. The van der Waals surface area contributed by atoms with Crippen molar-refractivity contribution in [1.82, 2.24) is 0 Å². The van der Waals surface area contributed by atoms with Gasteiger partial charge in [0, 0.05) is 5.56 Å². The fourth-order valence-electron chi connectivity index (χ4n) is 1.28. The highest BCUT2D eigenvalue weighted by atomic mass is 32.2. The van der Waals surface area contributed by atoms with Crippen molar-refractivity contribution in [3.05, 3.63) is 51.8 Å². The first-order valence-electron chi connectivity index (χ1n) is 5.01. The molecule has 6 heteroatoms. The van der Waals surface area contributed by atoms with Crippen LogP contribution in [-0.2, 0) is 10.0 Å². The summed E-state index contributed by atoms with van der Waals surface area (Å²) in [6.07, 6.45) is 1.71. The number of aryl methyl sites for hydroxylation is 2. The van der Waals surface area contributed by atoms with Crippen molar-refractivity contribution in [2.45, 2.75) is 18.7 Å². The van der Waals surface area contributed by atoms with E-state index in [1.54, 1.807) is 24.4 Å². The van der Waals surface area contributed by atoms with Crippen molar-refractivity contribution in [3.63, 3.8) is 0 Å². The average Bonchev–Trinajstić information content (AvgIpc) is 2.58. The van der Waals surface area contributed by atoms with Crippen LogP contribution in [0.3, 0.4) is 0 Å².